The molecule has 0 bridgehead atoms. The summed E-state index contributed by atoms with van der Waals surface area (Å²) in [7, 11) is 0. The molecule has 3 heterocycles. The lowest BCUT2D eigenvalue weighted by atomic mass is 10.0. The first-order valence-electron chi connectivity index (χ1n) is 11.5. The number of carbonyl (C=O) groups is 2. The van der Waals surface area contributed by atoms with Gasteiger partial charge in [-0.3, -0.25) is 9.59 Å². The third kappa shape index (κ3) is 5.85. The molecule has 180 valence electrons. The van der Waals surface area contributed by atoms with Gasteiger partial charge in [0.2, 0.25) is 5.91 Å². The van der Waals surface area contributed by atoms with Crippen LogP contribution in [0.5, 0.6) is 5.75 Å². The number of hydrogen-bond donors (Lipinski definition) is 0. The van der Waals surface area contributed by atoms with E-state index in [-0.39, 0.29) is 36.8 Å². The molecular formula is C26H29FN2O3S2. The third-order valence-corrected chi connectivity index (χ3v) is 7.81. The Labute approximate surface area is 207 Å². The summed E-state index contributed by atoms with van der Waals surface area (Å²) in [6.07, 6.45) is 1.62. The van der Waals surface area contributed by atoms with E-state index in [9.17, 15) is 14.0 Å². The van der Waals surface area contributed by atoms with Gasteiger partial charge in [0.1, 0.15) is 24.7 Å². The monoisotopic (exact) mass is 500 g/mol. The number of amides is 2. The highest BCUT2D eigenvalue weighted by Crippen LogP contribution is 2.34. The number of fused-ring (bicyclic) bond motifs is 1. The summed E-state index contributed by atoms with van der Waals surface area (Å²) in [5.74, 6) is 0.477. The standard InChI is InChI=1S/C26H29FN2O3S2/c1-18(2)9-12-28(26(31)24-4-3-14-33-24)16-25(30)29-13-10-23-21(11-15-34-23)22(29)17-32-20-7-5-19(27)6-8-20/h3-8,11,14-15,18,22H,9-10,12-13,16-17H2,1-2H3/t22-/m0/s1. The molecule has 8 heteroatoms. The molecule has 0 radical (unpaired) electrons. The zero-order valence-corrected chi connectivity index (χ0v) is 21.0. The number of rotatable bonds is 9. The van der Waals surface area contributed by atoms with E-state index in [1.165, 1.54) is 28.3 Å². The molecule has 1 aliphatic rings. The molecule has 0 spiro atoms. The zero-order chi connectivity index (χ0) is 24.1. The van der Waals surface area contributed by atoms with E-state index < -0.39 is 0 Å². The van der Waals surface area contributed by atoms with Gasteiger partial charge in [-0.05, 0) is 71.5 Å². The average molecular weight is 501 g/mol. The Morgan fingerprint density at radius 2 is 1.94 bits per heavy atom. The molecule has 0 saturated heterocycles. The van der Waals surface area contributed by atoms with Crippen molar-refractivity contribution in [1.82, 2.24) is 9.80 Å². The van der Waals surface area contributed by atoms with Crippen LogP contribution in [-0.4, -0.2) is 47.9 Å². The predicted octanol–water partition coefficient (Wildman–Crippen LogP) is 5.64. The molecular weight excluding hydrogens is 471 g/mol. The van der Waals surface area contributed by atoms with Gasteiger partial charge in [0, 0.05) is 18.0 Å². The van der Waals surface area contributed by atoms with Crippen LogP contribution < -0.4 is 4.74 Å². The molecule has 3 aromatic rings. The second-order valence-electron chi connectivity index (χ2n) is 8.80. The van der Waals surface area contributed by atoms with Crippen LogP contribution in [0.1, 0.15) is 46.4 Å². The molecule has 1 aromatic carbocycles. The normalized spacial score (nSPS) is 15.3. The SMILES string of the molecule is CC(C)CCN(CC(=O)N1CCc2sccc2[C@@H]1COc1ccc(F)cc1)C(=O)c1cccs1. The molecule has 0 aliphatic carbocycles. The van der Waals surface area contributed by atoms with Crippen LogP contribution in [0.3, 0.4) is 0 Å². The van der Waals surface area contributed by atoms with Gasteiger partial charge in [-0.15, -0.1) is 22.7 Å². The van der Waals surface area contributed by atoms with Gasteiger partial charge in [-0.2, -0.15) is 0 Å². The van der Waals surface area contributed by atoms with Crippen molar-refractivity contribution in [1.29, 1.82) is 0 Å². The number of nitrogens with zero attached hydrogens (tertiary/aromatic N) is 2. The first-order chi connectivity index (χ1) is 16.4. The predicted molar refractivity (Wildman–Crippen MR) is 134 cm³/mol. The fourth-order valence-electron chi connectivity index (χ4n) is 4.06. The molecule has 1 atom stereocenters. The van der Waals surface area contributed by atoms with Gasteiger partial charge in [0.25, 0.3) is 5.91 Å². The van der Waals surface area contributed by atoms with Crippen LogP contribution in [0.25, 0.3) is 0 Å². The Morgan fingerprint density at radius 3 is 2.65 bits per heavy atom. The van der Waals surface area contributed by atoms with Gasteiger partial charge in [0.15, 0.2) is 0 Å². The van der Waals surface area contributed by atoms with Crippen molar-refractivity contribution in [2.75, 3.05) is 26.2 Å². The van der Waals surface area contributed by atoms with Crippen LogP contribution in [0, 0.1) is 11.7 Å². The molecule has 0 N–H and O–H groups in total. The topological polar surface area (TPSA) is 49.9 Å². The molecule has 34 heavy (non-hydrogen) atoms. The third-order valence-electron chi connectivity index (χ3n) is 5.96. The van der Waals surface area contributed by atoms with E-state index >= 15 is 0 Å². The lowest BCUT2D eigenvalue weighted by Crippen LogP contribution is -2.48. The quantitative estimate of drug-likeness (QED) is 0.382. The molecule has 0 unspecified atom stereocenters. The Balaban J connectivity index is 1.51. The van der Waals surface area contributed by atoms with E-state index in [2.05, 4.69) is 13.8 Å². The summed E-state index contributed by atoms with van der Waals surface area (Å²) in [6.45, 7) is 5.65. The molecule has 4 rings (SSSR count). The Hall–Kier alpha value is -2.71. The average Bonchev–Trinajstić information content (AvgIpc) is 3.53. The van der Waals surface area contributed by atoms with E-state index in [4.69, 9.17) is 4.74 Å². The molecule has 0 saturated carbocycles. The minimum atomic E-state index is -0.321. The summed E-state index contributed by atoms with van der Waals surface area (Å²) in [4.78, 5) is 32.1. The van der Waals surface area contributed by atoms with Gasteiger partial charge < -0.3 is 14.5 Å². The van der Waals surface area contributed by atoms with Crippen LogP contribution in [-0.2, 0) is 11.2 Å². The number of halogens is 1. The summed E-state index contributed by atoms with van der Waals surface area (Å²) < 4.78 is 19.2. The van der Waals surface area contributed by atoms with Crippen LogP contribution in [0.2, 0.25) is 0 Å². The highest BCUT2D eigenvalue weighted by atomic mass is 32.1. The van der Waals surface area contributed by atoms with Crippen molar-refractivity contribution in [3.8, 4) is 5.75 Å². The van der Waals surface area contributed by atoms with Gasteiger partial charge in [0.05, 0.1) is 10.9 Å². The molecule has 0 fully saturated rings. The van der Waals surface area contributed by atoms with E-state index in [1.807, 2.05) is 27.8 Å². The molecule has 1 aliphatic heterocycles. The molecule has 2 aromatic heterocycles. The van der Waals surface area contributed by atoms with E-state index in [0.29, 0.717) is 29.6 Å². The fourth-order valence-corrected chi connectivity index (χ4v) is 5.68. The summed E-state index contributed by atoms with van der Waals surface area (Å²) in [5, 5.41) is 3.92. The highest BCUT2D eigenvalue weighted by molar-refractivity contribution is 7.12. The maximum Gasteiger partial charge on any atom is 0.264 e. The maximum atomic E-state index is 13.6. The lowest BCUT2D eigenvalue weighted by Gasteiger charge is -2.37. The van der Waals surface area contributed by atoms with Crippen molar-refractivity contribution in [2.24, 2.45) is 5.92 Å². The second kappa shape index (κ2) is 11.1. The van der Waals surface area contributed by atoms with Crippen molar-refractivity contribution in [3.05, 3.63) is 74.4 Å². The van der Waals surface area contributed by atoms with Gasteiger partial charge in [-0.25, -0.2) is 4.39 Å². The van der Waals surface area contributed by atoms with Crippen LogP contribution in [0.4, 0.5) is 4.39 Å². The Bertz CT molecular complexity index is 1100. The molecule has 2 amide bonds. The largest absolute Gasteiger partial charge is 0.491 e. The first-order valence-corrected chi connectivity index (χ1v) is 13.2. The van der Waals surface area contributed by atoms with Crippen molar-refractivity contribution >= 4 is 34.5 Å². The van der Waals surface area contributed by atoms with Crippen LogP contribution >= 0.6 is 22.7 Å². The summed E-state index contributed by atoms with van der Waals surface area (Å²) in [5.41, 5.74) is 1.09. The number of hydrogen-bond acceptors (Lipinski definition) is 5. The number of benzene rings is 1. The first kappa shape index (κ1) is 24.4. The number of ether oxygens (including phenoxy) is 1. The molecule has 5 nitrogen and oxygen atoms in total. The lowest BCUT2D eigenvalue weighted by molar-refractivity contribution is -0.135. The van der Waals surface area contributed by atoms with Gasteiger partial charge in [-0.1, -0.05) is 19.9 Å². The summed E-state index contributed by atoms with van der Waals surface area (Å²) in [6, 6.07) is 11.3. The highest BCUT2D eigenvalue weighted by Gasteiger charge is 2.33. The smallest absolute Gasteiger partial charge is 0.264 e. The van der Waals surface area contributed by atoms with E-state index in [0.717, 1.165) is 18.4 Å². The van der Waals surface area contributed by atoms with E-state index in [1.54, 1.807) is 34.4 Å². The van der Waals surface area contributed by atoms with Crippen molar-refractivity contribution < 1.29 is 18.7 Å². The minimum Gasteiger partial charge on any atom is -0.491 e. The summed E-state index contributed by atoms with van der Waals surface area (Å²) >= 11 is 3.08. The second-order valence-corrected chi connectivity index (χ2v) is 10.8. The fraction of sp³-hybridized carbons (Fsp3) is 0.385. The van der Waals surface area contributed by atoms with Crippen LogP contribution in [0.15, 0.2) is 53.2 Å². The Morgan fingerprint density at radius 1 is 1.15 bits per heavy atom. The zero-order valence-electron chi connectivity index (χ0n) is 19.4. The van der Waals surface area contributed by atoms with Gasteiger partial charge >= 0.3 is 0 Å². The number of carbonyl (C=O) groups excluding carboxylic acids is 2. The van der Waals surface area contributed by atoms with Crippen molar-refractivity contribution in [3.63, 3.8) is 0 Å². The Kier molecular flexibility index (Phi) is 8.00. The maximum absolute atomic E-state index is 13.6. The number of thiophene rings is 2. The minimum absolute atomic E-state index is 0.0377. The van der Waals surface area contributed by atoms with Crippen molar-refractivity contribution in [2.45, 2.75) is 32.7 Å².